The van der Waals surface area contributed by atoms with Crippen LogP contribution >= 0.6 is 0 Å². The number of ether oxygens (including phenoxy) is 3. The maximum atomic E-state index is 12.8. The number of carboxylic acid groups (broad SMARTS) is 2. The fraction of sp³-hybridized carbons (Fsp3) is 0.875. The van der Waals surface area contributed by atoms with Crippen molar-refractivity contribution in [1.29, 1.82) is 0 Å². The largest absolute Gasteiger partial charge is 2.00 e. The molecule has 0 aliphatic carbocycles. The van der Waals surface area contributed by atoms with Crippen molar-refractivity contribution in [2.24, 2.45) is 0 Å². The zero-order valence-corrected chi connectivity index (χ0v) is 27.9. The van der Waals surface area contributed by atoms with Gasteiger partial charge in [0, 0.05) is 12.4 Å². The van der Waals surface area contributed by atoms with Gasteiger partial charge in [0.2, 0.25) is 0 Å². The van der Waals surface area contributed by atoms with E-state index in [0.29, 0.717) is 51.6 Å². The minimum atomic E-state index is -1.41. The van der Waals surface area contributed by atoms with E-state index in [1.165, 1.54) is 25.7 Å². The van der Waals surface area contributed by atoms with Gasteiger partial charge in [-0.1, -0.05) is 104 Å². The SMILES string of the molecule is CCCCCCCCOC(=O)CCCCCC(OC(CCCCCC(=O)[O-])C(=O)[O-])C(=O)OCCCCCCCC.[Ti+2]. The molecule has 42 heavy (non-hydrogen) atoms. The van der Waals surface area contributed by atoms with Gasteiger partial charge < -0.3 is 34.0 Å². The molecular weight excluding hydrogens is 576 g/mol. The molecule has 2 unspecified atom stereocenters. The summed E-state index contributed by atoms with van der Waals surface area (Å²) in [7, 11) is 0. The summed E-state index contributed by atoms with van der Waals surface area (Å²) in [5, 5.41) is 22.3. The number of esters is 2. The van der Waals surface area contributed by atoms with E-state index >= 15 is 0 Å². The molecule has 10 heteroatoms. The molecular formula is C32H56O9Ti. The van der Waals surface area contributed by atoms with Crippen LogP contribution in [-0.2, 0) is 55.1 Å². The van der Waals surface area contributed by atoms with Crippen LogP contribution in [0.2, 0.25) is 0 Å². The maximum absolute atomic E-state index is 12.8. The summed E-state index contributed by atoms with van der Waals surface area (Å²) < 4.78 is 16.4. The number of hydrogen-bond acceptors (Lipinski definition) is 9. The fourth-order valence-corrected chi connectivity index (χ4v) is 4.52. The first-order valence-electron chi connectivity index (χ1n) is 16.2. The van der Waals surface area contributed by atoms with Gasteiger partial charge in [-0.15, -0.1) is 0 Å². The number of hydrogen-bond donors (Lipinski definition) is 0. The molecule has 0 bridgehead atoms. The van der Waals surface area contributed by atoms with Gasteiger partial charge >= 0.3 is 33.7 Å². The zero-order chi connectivity index (χ0) is 30.6. The van der Waals surface area contributed by atoms with Crippen molar-refractivity contribution in [2.75, 3.05) is 13.2 Å². The molecule has 0 saturated heterocycles. The van der Waals surface area contributed by atoms with Crippen molar-refractivity contribution in [2.45, 2.75) is 167 Å². The predicted octanol–water partition coefficient (Wildman–Crippen LogP) is 4.95. The average Bonchev–Trinajstić information content (AvgIpc) is 2.93. The second-order valence-corrected chi connectivity index (χ2v) is 10.9. The normalized spacial score (nSPS) is 12.2. The number of rotatable bonds is 30. The molecule has 0 N–H and O–H groups in total. The molecule has 0 fully saturated rings. The molecule has 0 aliphatic heterocycles. The molecule has 0 heterocycles. The van der Waals surface area contributed by atoms with Crippen LogP contribution in [0.25, 0.3) is 0 Å². The third kappa shape index (κ3) is 27.4. The second-order valence-electron chi connectivity index (χ2n) is 10.9. The number of carbonyl (C=O) groups excluding carboxylic acids is 4. The molecule has 0 radical (unpaired) electrons. The quantitative estimate of drug-likeness (QED) is 0.0611. The second kappa shape index (κ2) is 31.0. The first-order chi connectivity index (χ1) is 19.8. The summed E-state index contributed by atoms with van der Waals surface area (Å²) in [6, 6.07) is 0. The van der Waals surface area contributed by atoms with E-state index in [4.69, 9.17) is 14.2 Å². The van der Waals surface area contributed by atoms with E-state index in [-0.39, 0.29) is 53.6 Å². The Labute approximate surface area is 269 Å². The molecule has 0 amide bonds. The Bertz CT molecular complexity index is 687. The molecule has 0 aromatic heterocycles. The van der Waals surface area contributed by atoms with Gasteiger partial charge in [0.25, 0.3) is 0 Å². The molecule has 242 valence electrons. The van der Waals surface area contributed by atoms with Crippen LogP contribution in [-0.4, -0.2) is 49.3 Å². The summed E-state index contributed by atoms with van der Waals surface area (Å²) in [6.07, 6.45) is 14.5. The van der Waals surface area contributed by atoms with Gasteiger partial charge in [0.15, 0.2) is 6.10 Å². The predicted molar refractivity (Wildman–Crippen MR) is 154 cm³/mol. The summed E-state index contributed by atoms with van der Waals surface area (Å²) in [4.78, 5) is 47.0. The molecule has 0 aromatic carbocycles. The standard InChI is InChI=1S/C32H58O9.Ti/c1-3-5-7-9-11-19-25-39-30(35)24-18-14-16-22-28(32(38)40-26-20-12-10-8-6-4-2)41-27(31(36)37)21-15-13-17-23-29(33)34;/h27-28H,3-26H2,1-2H3,(H,33,34)(H,36,37);/q;+2/p-2. The molecule has 0 aliphatic rings. The third-order valence-electron chi connectivity index (χ3n) is 7.05. The Kier molecular flexibility index (Phi) is 31.5. The van der Waals surface area contributed by atoms with E-state index < -0.39 is 30.1 Å². The topological polar surface area (TPSA) is 142 Å². The molecule has 2 atom stereocenters. The van der Waals surface area contributed by atoms with Crippen LogP contribution in [0, 0.1) is 0 Å². The van der Waals surface area contributed by atoms with Crippen molar-refractivity contribution >= 4 is 23.9 Å². The summed E-state index contributed by atoms with van der Waals surface area (Å²) >= 11 is 0. The van der Waals surface area contributed by atoms with Crippen LogP contribution in [0.3, 0.4) is 0 Å². The Morgan fingerprint density at radius 3 is 1.52 bits per heavy atom. The van der Waals surface area contributed by atoms with Gasteiger partial charge in [-0.05, 0) is 44.9 Å². The van der Waals surface area contributed by atoms with E-state index in [1.54, 1.807) is 0 Å². The van der Waals surface area contributed by atoms with Crippen molar-refractivity contribution in [3.05, 3.63) is 0 Å². The number of aliphatic carboxylic acids is 2. The monoisotopic (exact) mass is 632 g/mol. The molecule has 0 aromatic rings. The first kappa shape index (κ1) is 42.7. The zero-order valence-electron chi connectivity index (χ0n) is 26.3. The number of carboxylic acids is 2. The van der Waals surface area contributed by atoms with Gasteiger partial charge in [0.1, 0.15) is 0 Å². The third-order valence-corrected chi connectivity index (χ3v) is 7.05. The van der Waals surface area contributed by atoms with Crippen molar-refractivity contribution in [3.8, 4) is 0 Å². The molecule has 0 spiro atoms. The Hall–Kier alpha value is -1.45. The smallest absolute Gasteiger partial charge is 0.550 e. The molecule has 0 rings (SSSR count). The van der Waals surface area contributed by atoms with Crippen LogP contribution in [0.1, 0.15) is 155 Å². The summed E-state index contributed by atoms with van der Waals surface area (Å²) in [6.45, 7) is 5.03. The van der Waals surface area contributed by atoms with Crippen LogP contribution in [0.15, 0.2) is 0 Å². The van der Waals surface area contributed by atoms with Gasteiger partial charge in [-0.3, -0.25) is 4.79 Å². The van der Waals surface area contributed by atoms with Crippen molar-refractivity contribution in [3.63, 3.8) is 0 Å². The summed E-state index contributed by atoms with van der Waals surface area (Å²) in [5.41, 5.74) is 0. The minimum absolute atomic E-state index is 0. The first-order valence-corrected chi connectivity index (χ1v) is 16.2. The Morgan fingerprint density at radius 2 is 1.00 bits per heavy atom. The van der Waals surface area contributed by atoms with Gasteiger partial charge in [0.05, 0.1) is 25.3 Å². The van der Waals surface area contributed by atoms with E-state index in [1.807, 2.05) is 0 Å². The summed E-state index contributed by atoms with van der Waals surface area (Å²) in [5.74, 6) is -3.36. The van der Waals surface area contributed by atoms with E-state index in [9.17, 15) is 29.4 Å². The van der Waals surface area contributed by atoms with Gasteiger partial charge in [-0.25, -0.2) is 4.79 Å². The number of carbonyl (C=O) groups is 4. The number of unbranched alkanes of at least 4 members (excludes halogenated alkanes) is 14. The Balaban J connectivity index is 0. The van der Waals surface area contributed by atoms with Crippen LogP contribution in [0.5, 0.6) is 0 Å². The van der Waals surface area contributed by atoms with Crippen molar-refractivity contribution < 1.29 is 65.3 Å². The van der Waals surface area contributed by atoms with Crippen molar-refractivity contribution in [1.82, 2.24) is 0 Å². The van der Waals surface area contributed by atoms with E-state index in [2.05, 4.69) is 13.8 Å². The van der Waals surface area contributed by atoms with Crippen LogP contribution in [0.4, 0.5) is 0 Å². The van der Waals surface area contributed by atoms with Gasteiger partial charge in [-0.2, -0.15) is 0 Å². The minimum Gasteiger partial charge on any atom is -0.550 e. The maximum Gasteiger partial charge on any atom is 2.00 e. The van der Waals surface area contributed by atoms with Crippen LogP contribution < -0.4 is 10.2 Å². The fourth-order valence-electron chi connectivity index (χ4n) is 4.52. The molecule has 9 nitrogen and oxygen atoms in total. The average molecular weight is 633 g/mol. The Morgan fingerprint density at radius 1 is 0.548 bits per heavy atom. The molecule has 0 saturated carbocycles. The van der Waals surface area contributed by atoms with E-state index in [0.717, 1.165) is 51.4 Å².